The van der Waals surface area contributed by atoms with Gasteiger partial charge in [0.2, 0.25) is 5.91 Å². The highest BCUT2D eigenvalue weighted by Gasteiger charge is 2.30. The standard InChI is InChI=1S/C17H15F5N2O/c1-10(14-6-5-12(18)8-15(14)19)23-9-16(25)24-13-4-2-3-11(7-13)17(20,21)22/h2-8,10,23H,9H2,1H3,(H,24,25)/t10-/m1/s1. The number of alkyl halides is 3. The van der Waals surface area contributed by atoms with Crippen LogP contribution in [0, 0.1) is 11.6 Å². The molecule has 2 rings (SSSR count). The van der Waals surface area contributed by atoms with Crippen LogP contribution in [-0.4, -0.2) is 12.5 Å². The first-order valence-corrected chi connectivity index (χ1v) is 7.32. The van der Waals surface area contributed by atoms with E-state index in [1.807, 2.05) is 0 Å². The molecule has 8 heteroatoms. The van der Waals surface area contributed by atoms with Gasteiger partial charge in [-0.1, -0.05) is 12.1 Å². The second-order valence-electron chi connectivity index (χ2n) is 5.40. The summed E-state index contributed by atoms with van der Waals surface area (Å²) in [5.41, 5.74) is -0.699. The van der Waals surface area contributed by atoms with Crippen LogP contribution < -0.4 is 10.6 Å². The third-order valence-electron chi connectivity index (χ3n) is 3.47. The van der Waals surface area contributed by atoms with Crippen LogP contribution in [0.3, 0.4) is 0 Å². The van der Waals surface area contributed by atoms with Crippen molar-refractivity contribution >= 4 is 11.6 Å². The molecule has 0 radical (unpaired) electrons. The molecule has 0 fully saturated rings. The molecule has 0 aromatic heterocycles. The zero-order chi connectivity index (χ0) is 18.6. The van der Waals surface area contributed by atoms with Crippen molar-refractivity contribution in [2.45, 2.75) is 19.1 Å². The Bertz CT molecular complexity index is 761. The number of rotatable bonds is 5. The molecule has 134 valence electrons. The number of carbonyl (C=O) groups excluding carboxylic acids is 1. The van der Waals surface area contributed by atoms with Crippen LogP contribution in [0.4, 0.5) is 27.6 Å². The maximum absolute atomic E-state index is 13.6. The van der Waals surface area contributed by atoms with E-state index in [-0.39, 0.29) is 17.8 Å². The zero-order valence-corrected chi connectivity index (χ0v) is 13.1. The van der Waals surface area contributed by atoms with E-state index in [0.717, 1.165) is 24.3 Å². The summed E-state index contributed by atoms with van der Waals surface area (Å²) >= 11 is 0. The molecule has 2 aromatic rings. The minimum Gasteiger partial charge on any atom is -0.325 e. The third kappa shape index (κ3) is 5.25. The Labute approximate surface area is 140 Å². The topological polar surface area (TPSA) is 41.1 Å². The Kier molecular flexibility index (Phi) is 5.73. The van der Waals surface area contributed by atoms with Gasteiger partial charge in [0.25, 0.3) is 0 Å². The SMILES string of the molecule is C[C@@H](NCC(=O)Nc1cccc(C(F)(F)F)c1)c1ccc(F)cc1F. The predicted octanol–water partition coefficient (Wildman–Crippen LogP) is 4.27. The lowest BCUT2D eigenvalue weighted by Gasteiger charge is -2.15. The molecule has 0 unspecified atom stereocenters. The number of amides is 1. The van der Waals surface area contributed by atoms with Gasteiger partial charge in [-0.2, -0.15) is 13.2 Å². The molecule has 0 heterocycles. The molecule has 0 bridgehead atoms. The van der Waals surface area contributed by atoms with Crippen LogP contribution in [0.15, 0.2) is 42.5 Å². The Morgan fingerprint density at radius 1 is 1.12 bits per heavy atom. The first kappa shape index (κ1) is 18.9. The fraction of sp³-hybridized carbons (Fsp3) is 0.235. The van der Waals surface area contributed by atoms with Gasteiger partial charge in [0.15, 0.2) is 0 Å². The molecule has 1 atom stereocenters. The molecule has 1 amide bonds. The number of nitrogens with one attached hydrogen (secondary N) is 2. The van der Waals surface area contributed by atoms with E-state index in [2.05, 4.69) is 10.6 Å². The smallest absolute Gasteiger partial charge is 0.325 e. The lowest BCUT2D eigenvalue weighted by atomic mass is 10.1. The van der Waals surface area contributed by atoms with Crippen molar-refractivity contribution in [3.05, 3.63) is 65.2 Å². The Morgan fingerprint density at radius 2 is 1.84 bits per heavy atom. The highest BCUT2D eigenvalue weighted by molar-refractivity contribution is 5.92. The Morgan fingerprint density at radius 3 is 2.48 bits per heavy atom. The molecule has 0 aliphatic rings. The summed E-state index contributed by atoms with van der Waals surface area (Å²) < 4.78 is 64.4. The lowest BCUT2D eigenvalue weighted by Crippen LogP contribution is -2.30. The highest BCUT2D eigenvalue weighted by atomic mass is 19.4. The van der Waals surface area contributed by atoms with Crippen molar-refractivity contribution in [1.29, 1.82) is 0 Å². The summed E-state index contributed by atoms with van der Waals surface area (Å²) in [6.45, 7) is 1.32. The van der Waals surface area contributed by atoms with E-state index in [1.54, 1.807) is 6.92 Å². The van der Waals surface area contributed by atoms with Crippen LogP contribution in [-0.2, 0) is 11.0 Å². The van der Waals surface area contributed by atoms with Gasteiger partial charge in [-0.3, -0.25) is 4.79 Å². The second-order valence-corrected chi connectivity index (χ2v) is 5.40. The number of hydrogen-bond donors (Lipinski definition) is 2. The number of benzene rings is 2. The lowest BCUT2D eigenvalue weighted by molar-refractivity contribution is -0.137. The van der Waals surface area contributed by atoms with Gasteiger partial charge >= 0.3 is 6.18 Å². The largest absolute Gasteiger partial charge is 0.416 e. The first-order chi connectivity index (χ1) is 11.7. The van der Waals surface area contributed by atoms with Crippen LogP contribution >= 0.6 is 0 Å². The summed E-state index contributed by atoms with van der Waals surface area (Å²) in [5, 5.41) is 5.06. The average Bonchev–Trinajstić information content (AvgIpc) is 2.52. The molecule has 0 aliphatic carbocycles. The number of anilines is 1. The van der Waals surface area contributed by atoms with Gasteiger partial charge in [-0.15, -0.1) is 0 Å². The summed E-state index contributed by atoms with van der Waals surface area (Å²) in [7, 11) is 0. The summed E-state index contributed by atoms with van der Waals surface area (Å²) in [6, 6.07) is 6.72. The molecule has 2 N–H and O–H groups in total. The van der Waals surface area contributed by atoms with E-state index in [0.29, 0.717) is 0 Å². The quantitative estimate of drug-likeness (QED) is 0.784. The summed E-state index contributed by atoms with van der Waals surface area (Å²) in [6.07, 6.45) is -4.51. The maximum atomic E-state index is 13.6. The van der Waals surface area contributed by atoms with Crippen LogP contribution in [0.25, 0.3) is 0 Å². The Hall–Kier alpha value is -2.48. The molecular weight excluding hydrogens is 343 g/mol. The van der Waals surface area contributed by atoms with Gasteiger partial charge in [-0.25, -0.2) is 8.78 Å². The van der Waals surface area contributed by atoms with Gasteiger partial charge in [0, 0.05) is 23.4 Å². The normalized spacial score (nSPS) is 12.7. The van der Waals surface area contributed by atoms with Gasteiger partial charge in [0.05, 0.1) is 12.1 Å². The minimum atomic E-state index is -4.51. The zero-order valence-electron chi connectivity index (χ0n) is 13.1. The molecular formula is C17H15F5N2O. The molecule has 0 spiro atoms. The Balaban J connectivity index is 1.94. The van der Waals surface area contributed by atoms with E-state index >= 15 is 0 Å². The fourth-order valence-corrected chi connectivity index (χ4v) is 2.19. The van der Waals surface area contributed by atoms with E-state index in [4.69, 9.17) is 0 Å². The fourth-order valence-electron chi connectivity index (χ4n) is 2.19. The molecule has 0 saturated carbocycles. The van der Waals surface area contributed by atoms with E-state index in [1.165, 1.54) is 18.2 Å². The third-order valence-corrected chi connectivity index (χ3v) is 3.47. The van der Waals surface area contributed by atoms with Crippen molar-refractivity contribution < 1.29 is 26.7 Å². The van der Waals surface area contributed by atoms with Crippen molar-refractivity contribution in [3.8, 4) is 0 Å². The van der Waals surface area contributed by atoms with Crippen LogP contribution in [0.2, 0.25) is 0 Å². The molecule has 2 aromatic carbocycles. The van der Waals surface area contributed by atoms with Crippen molar-refractivity contribution in [3.63, 3.8) is 0 Å². The van der Waals surface area contributed by atoms with E-state index < -0.39 is 35.3 Å². The van der Waals surface area contributed by atoms with Gasteiger partial charge in [0.1, 0.15) is 11.6 Å². The second kappa shape index (κ2) is 7.60. The number of halogens is 5. The predicted molar refractivity (Wildman–Crippen MR) is 82.8 cm³/mol. The van der Waals surface area contributed by atoms with Gasteiger partial charge < -0.3 is 10.6 Å². The summed E-state index contributed by atoms with van der Waals surface area (Å²) in [4.78, 5) is 11.8. The molecule has 25 heavy (non-hydrogen) atoms. The first-order valence-electron chi connectivity index (χ1n) is 7.32. The molecule has 0 saturated heterocycles. The van der Waals surface area contributed by atoms with Crippen molar-refractivity contribution in [2.75, 3.05) is 11.9 Å². The van der Waals surface area contributed by atoms with Crippen LogP contribution in [0.1, 0.15) is 24.1 Å². The number of carbonyl (C=O) groups is 1. The highest BCUT2D eigenvalue weighted by Crippen LogP contribution is 2.30. The average molecular weight is 358 g/mol. The maximum Gasteiger partial charge on any atom is 0.416 e. The van der Waals surface area contributed by atoms with Crippen LogP contribution in [0.5, 0.6) is 0 Å². The molecule has 0 aliphatic heterocycles. The van der Waals surface area contributed by atoms with E-state index in [9.17, 15) is 26.7 Å². The monoisotopic (exact) mass is 358 g/mol. The number of hydrogen-bond acceptors (Lipinski definition) is 2. The van der Waals surface area contributed by atoms with Crippen molar-refractivity contribution in [2.24, 2.45) is 0 Å². The molecule has 3 nitrogen and oxygen atoms in total. The summed E-state index contributed by atoms with van der Waals surface area (Å²) in [5.74, 6) is -2.05. The van der Waals surface area contributed by atoms with Crippen molar-refractivity contribution in [1.82, 2.24) is 5.32 Å². The minimum absolute atomic E-state index is 0.00207. The van der Waals surface area contributed by atoms with Gasteiger partial charge in [-0.05, 0) is 31.2 Å².